The molecule has 0 saturated heterocycles. The molecule has 2 N–H and O–H groups in total. The molecule has 1 fully saturated rings. The first-order valence-corrected chi connectivity index (χ1v) is 17.7. The summed E-state index contributed by atoms with van der Waals surface area (Å²) in [5, 5.41) is 5.55. The number of hydrogen-bond acceptors (Lipinski definition) is 6. The summed E-state index contributed by atoms with van der Waals surface area (Å²) < 4.78 is 41.3. The summed E-state index contributed by atoms with van der Waals surface area (Å²) in [6, 6.07) is 10.9. The minimum absolute atomic E-state index is 0.0230. The molecule has 2 heterocycles. The van der Waals surface area contributed by atoms with Gasteiger partial charge in [-0.05, 0) is 61.0 Å². The van der Waals surface area contributed by atoms with Crippen LogP contribution < -0.4 is 5.32 Å². The number of hydrogen-bond donors (Lipinski definition) is 2. The molecule has 0 bridgehead atoms. The zero-order chi connectivity index (χ0) is 27.3. The maximum atomic E-state index is 11.5. The monoisotopic (exact) mass is 554 g/mol. The van der Waals surface area contributed by atoms with Crippen LogP contribution in [0.3, 0.4) is 0 Å². The highest BCUT2D eigenvalue weighted by Gasteiger charge is 2.44. The van der Waals surface area contributed by atoms with Crippen LogP contribution in [0.5, 0.6) is 0 Å². The summed E-state index contributed by atoms with van der Waals surface area (Å²) in [7, 11) is -6.32. The fourth-order valence-electron chi connectivity index (χ4n) is 5.58. The van der Waals surface area contributed by atoms with Crippen molar-refractivity contribution in [1.29, 1.82) is 0 Å². The Morgan fingerprint density at radius 2 is 1.92 bits per heavy atom. The van der Waals surface area contributed by atoms with Gasteiger partial charge in [0, 0.05) is 18.2 Å². The van der Waals surface area contributed by atoms with Gasteiger partial charge in [0.25, 0.3) is 10.1 Å². The van der Waals surface area contributed by atoms with Crippen molar-refractivity contribution in [3.05, 3.63) is 65.5 Å². The van der Waals surface area contributed by atoms with Crippen molar-refractivity contribution in [3.8, 4) is 0 Å². The third-order valence-electron chi connectivity index (χ3n) is 8.62. The Kier molecular flexibility index (Phi) is 7.04. The predicted molar refractivity (Wildman–Crippen MR) is 153 cm³/mol. The molecule has 3 aromatic rings. The lowest BCUT2D eigenvalue weighted by atomic mass is 10.1. The van der Waals surface area contributed by atoms with Crippen LogP contribution >= 0.6 is 0 Å². The van der Waals surface area contributed by atoms with Crippen LogP contribution in [0.2, 0.25) is 18.1 Å². The fourth-order valence-corrected chi connectivity index (χ4v) is 7.36. The first-order valence-electron chi connectivity index (χ1n) is 13.3. The average Bonchev–Trinajstić information content (AvgIpc) is 3.54. The van der Waals surface area contributed by atoms with Crippen LogP contribution in [-0.2, 0) is 21.0 Å². The van der Waals surface area contributed by atoms with Crippen molar-refractivity contribution in [3.63, 3.8) is 0 Å². The fraction of sp³-hybridized carbons (Fsp3) is 0.500. The van der Waals surface area contributed by atoms with Crippen LogP contribution in [0.4, 0.5) is 5.82 Å². The lowest BCUT2D eigenvalue weighted by Crippen LogP contribution is -2.44. The van der Waals surface area contributed by atoms with Crippen LogP contribution in [0.15, 0.2) is 54.3 Å². The number of aromatic nitrogens is 3. The molecule has 4 atom stereocenters. The molecule has 0 aliphatic heterocycles. The van der Waals surface area contributed by atoms with Gasteiger partial charge in [0.1, 0.15) is 17.8 Å². The van der Waals surface area contributed by atoms with E-state index in [0.717, 1.165) is 41.5 Å². The summed E-state index contributed by atoms with van der Waals surface area (Å²) in [5.41, 5.74) is 3.56. The van der Waals surface area contributed by atoms with Crippen LogP contribution in [0, 0.1) is 5.92 Å². The average molecular weight is 555 g/mol. The van der Waals surface area contributed by atoms with E-state index in [2.05, 4.69) is 90.2 Å². The lowest BCUT2D eigenvalue weighted by molar-refractivity contribution is 0.157. The molecule has 2 aliphatic rings. The third kappa shape index (κ3) is 5.45. The zero-order valence-electron chi connectivity index (χ0n) is 22.8. The van der Waals surface area contributed by atoms with Gasteiger partial charge in [0.05, 0.1) is 22.9 Å². The van der Waals surface area contributed by atoms with Crippen molar-refractivity contribution in [2.75, 3.05) is 5.32 Å². The highest BCUT2D eigenvalue weighted by atomic mass is 32.2. The van der Waals surface area contributed by atoms with E-state index in [4.69, 9.17) is 4.43 Å². The van der Waals surface area contributed by atoms with Gasteiger partial charge >= 0.3 is 0 Å². The number of benzene rings is 1. The first kappa shape index (κ1) is 27.0. The second kappa shape index (κ2) is 9.89. The summed E-state index contributed by atoms with van der Waals surface area (Å²) >= 11 is 0. The smallest absolute Gasteiger partial charge is 0.287 e. The molecule has 2 aliphatic carbocycles. The van der Waals surface area contributed by atoms with E-state index >= 15 is 0 Å². The highest BCUT2D eigenvalue weighted by Crippen LogP contribution is 2.45. The molecule has 204 valence electrons. The summed E-state index contributed by atoms with van der Waals surface area (Å²) in [5.74, 6) is 0.688. The molecule has 0 spiro atoms. The van der Waals surface area contributed by atoms with Crippen molar-refractivity contribution in [2.24, 2.45) is 5.92 Å². The largest absolute Gasteiger partial charge is 0.413 e. The number of anilines is 1. The second-order valence-electron chi connectivity index (χ2n) is 12.2. The minimum Gasteiger partial charge on any atom is -0.413 e. The molecule has 0 unspecified atom stereocenters. The van der Waals surface area contributed by atoms with Gasteiger partial charge < -0.3 is 14.3 Å². The molecular formula is C28H38N4O4SSi. The molecule has 5 rings (SSSR count). The number of nitrogens with zero attached hydrogens (tertiary/aromatic N) is 3. The summed E-state index contributed by atoms with van der Waals surface area (Å²) in [6.45, 7) is 11.0. The maximum absolute atomic E-state index is 11.5. The Morgan fingerprint density at radius 3 is 2.66 bits per heavy atom. The van der Waals surface area contributed by atoms with Gasteiger partial charge in [0.2, 0.25) is 0 Å². The van der Waals surface area contributed by atoms with E-state index in [9.17, 15) is 13.0 Å². The van der Waals surface area contributed by atoms with Crippen molar-refractivity contribution in [1.82, 2.24) is 14.5 Å². The molecule has 0 radical (unpaired) electrons. The Bertz CT molecular complexity index is 1460. The Balaban J connectivity index is 1.42. The molecule has 1 saturated carbocycles. The van der Waals surface area contributed by atoms with Crippen LogP contribution in [0.1, 0.15) is 63.2 Å². The number of nitrogens with one attached hydrogen (secondary N) is 1. The van der Waals surface area contributed by atoms with E-state index in [1.54, 1.807) is 12.4 Å². The highest BCUT2D eigenvalue weighted by molar-refractivity contribution is 7.88. The molecule has 1 aromatic carbocycles. The molecule has 10 heteroatoms. The van der Waals surface area contributed by atoms with Gasteiger partial charge in [-0.15, -0.1) is 0 Å². The van der Waals surface area contributed by atoms with E-state index in [1.165, 1.54) is 11.1 Å². The molecular weight excluding hydrogens is 516 g/mol. The quantitative estimate of drug-likeness (QED) is 0.262. The zero-order valence-corrected chi connectivity index (χ0v) is 24.6. The molecule has 8 nitrogen and oxygen atoms in total. The van der Waals surface area contributed by atoms with Gasteiger partial charge in [-0.3, -0.25) is 4.55 Å². The van der Waals surface area contributed by atoms with E-state index in [1.807, 2.05) is 0 Å². The van der Waals surface area contributed by atoms with Gasteiger partial charge in [-0.2, -0.15) is 8.42 Å². The Morgan fingerprint density at radius 1 is 1.16 bits per heavy atom. The van der Waals surface area contributed by atoms with Crippen LogP contribution in [-0.4, -0.2) is 41.9 Å². The van der Waals surface area contributed by atoms with Crippen molar-refractivity contribution < 1.29 is 17.4 Å². The summed E-state index contributed by atoms with van der Waals surface area (Å²) in [6.07, 6.45) is 8.62. The normalized spacial score (nSPS) is 24.4. The number of rotatable bonds is 7. The molecule has 0 amide bonds. The lowest BCUT2D eigenvalue weighted by Gasteiger charge is -2.39. The standard InChI is InChI=1S/C28H38N4O4SSi/c1-28(2,3)38(4,5)36-25-17-21(16-20(25)13-15-37(33,34)35)32-14-12-23-26(29-18-30-27(23)32)31-24-11-10-19-8-6-7-9-22(19)24/h6-9,12-15,18,20-21,24-25H,10-11,16-17H2,1-5H3,(H,29,30,31)(H,33,34,35)/b15-13+/t20-,21-,24+,25+/m1/s1. The van der Waals surface area contributed by atoms with Crippen molar-refractivity contribution >= 4 is 35.3 Å². The Hall–Kier alpha value is -2.53. The van der Waals surface area contributed by atoms with Gasteiger partial charge in [-0.25, -0.2) is 9.97 Å². The SMILES string of the molecule is CC(C)(C)[Si](C)(C)O[C@H]1C[C@H](n2ccc3c(N[C@H]4CCc5ccccc54)ncnc32)C[C@H]1/C=C/S(=O)(=O)O. The topological polar surface area (TPSA) is 106 Å². The first-order chi connectivity index (χ1) is 17.8. The van der Waals surface area contributed by atoms with E-state index in [0.29, 0.717) is 6.42 Å². The molecule has 2 aromatic heterocycles. The summed E-state index contributed by atoms with van der Waals surface area (Å²) in [4.78, 5) is 9.23. The van der Waals surface area contributed by atoms with E-state index < -0.39 is 18.4 Å². The second-order valence-corrected chi connectivity index (χ2v) is 18.2. The molecule has 38 heavy (non-hydrogen) atoms. The predicted octanol–water partition coefficient (Wildman–Crippen LogP) is 6.27. The third-order valence-corrected chi connectivity index (χ3v) is 13.6. The Labute approximate surface area is 226 Å². The van der Waals surface area contributed by atoms with E-state index in [-0.39, 0.29) is 29.1 Å². The van der Waals surface area contributed by atoms with Gasteiger partial charge in [0.15, 0.2) is 8.32 Å². The van der Waals surface area contributed by atoms with Crippen molar-refractivity contribution in [2.45, 2.75) is 82.8 Å². The van der Waals surface area contributed by atoms with Crippen LogP contribution in [0.25, 0.3) is 11.0 Å². The van der Waals surface area contributed by atoms with Gasteiger partial charge in [-0.1, -0.05) is 51.1 Å². The maximum Gasteiger partial charge on any atom is 0.287 e. The number of fused-ring (bicyclic) bond motifs is 2. The minimum atomic E-state index is -4.21. The number of aryl methyl sites for hydroxylation is 1.